The molecule has 1 nitrogen and oxygen atoms in total. The van der Waals surface area contributed by atoms with Crippen molar-refractivity contribution in [3.8, 4) is 0 Å². The Bertz CT molecular complexity index is 305. The van der Waals surface area contributed by atoms with Gasteiger partial charge >= 0.3 is 0 Å². The van der Waals surface area contributed by atoms with Gasteiger partial charge in [-0.25, -0.2) is 5.11 Å². The summed E-state index contributed by atoms with van der Waals surface area (Å²) in [5.41, 5.74) is -0.0914. The van der Waals surface area contributed by atoms with Gasteiger partial charge in [0.15, 0.2) is 0 Å². The van der Waals surface area contributed by atoms with Crippen LogP contribution < -0.4 is 0 Å². The van der Waals surface area contributed by atoms with E-state index in [4.69, 9.17) is 0 Å². The summed E-state index contributed by atoms with van der Waals surface area (Å²) in [4.78, 5) is 0. The van der Waals surface area contributed by atoms with Gasteiger partial charge in [-0.15, -0.1) is 0 Å². The Morgan fingerprint density at radius 3 is 1.77 bits per heavy atom. The lowest BCUT2D eigenvalue weighted by Gasteiger charge is -2.19. The minimum absolute atomic E-state index is 0.911. The van der Waals surface area contributed by atoms with Crippen molar-refractivity contribution in [2.75, 3.05) is 0 Å². The predicted molar refractivity (Wildman–Crippen MR) is 78.3 cm³/mol. The predicted octanol–water partition coefficient (Wildman–Crippen LogP) is 4.17. The maximum absolute atomic E-state index is 11.8. The van der Waals surface area contributed by atoms with Crippen LogP contribution in [0, 0.1) is 10.7 Å². The van der Waals surface area contributed by atoms with Crippen molar-refractivity contribution in [1.82, 2.24) is 0 Å². The fourth-order valence-corrected chi connectivity index (χ4v) is 6.00. The van der Waals surface area contributed by atoms with E-state index in [2.05, 4.69) is 67.8 Å². The van der Waals surface area contributed by atoms with E-state index >= 15 is 0 Å². The fraction of sp³-hybridized carbons (Fsp3) is 0.333. The van der Waals surface area contributed by atoms with E-state index in [1.165, 1.54) is 3.57 Å². The lowest BCUT2D eigenvalue weighted by molar-refractivity contribution is -0.00156. The molecule has 1 rings (SSSR count). The molecule has 0 amide bonds. The molecule has 0 N–H and O–H groups in total. The zero-order valence-corrected chi connectivity index (χ0v) is 13.7. The van der Waals surface area contributed by atoms with Crippen LogP contribution in [0.1, 0.15) is 19.4 Å². The summed E-state index contributed by atoms with van der Waals surface area (Å²) in [5, 5.41) is 11.8. The van der Waals surface area contributed by atoms with E-state index in [1.54, 1.807) is 13.8 Å². The van der Waals surface area contributed by atoms with Crippen LogP contribution in [-0.4, -0.2) is 0 Å². The number of benzene rings is 1. The zero-order chi connectivity index (χ0) is 10.2. The molecule has 1 radical (unpaired) electrons. The molecule has 0 saturated heterocycles. The molecule has 0 bridgehead atoms. The lowest BCUT2D eigenvalue weighted by atomic mass is 9.99. The van der Waals surface area contributed by atoms with Gasteiger partial charge in [-0.3, -0.25) is 0 Å². The monoisotopic (exact) mass is 513 g/mol. The summed E-state index contributed by atoms with van der Waals surface area (Å²) in [7, 11) is 0. The molecule has 4 heteroatoms. The van der Waals surface area contributed by atoms with E-state index in [0.29, 0.717) is 0 Å². The number of halogens is 3. The van der Waals surface area contributed by atoms with Crippen molar-refractivity contribution >= 4 is 67.8 Å². The second-order valence-corrected chi connectivity index (χ2v) is 6.82. The highest BCUT2D eigenvalue weighted by Crippen LogP contribution is 2.31. The maximum Gasteiger partial charge on any atom is 0.125 e. The summed E-state index contributed by atoms with van der Waals surface area (Å²) < 4.78 is 3.31. The third kappa shape index (κ3) is 3.16. The van der Waals surface area contributed by atoms with Gasteiger partial charge < -0.3 is 0 Å². The van der Waals surface area contributed by atoms with E-state index in [-0.39, 0.29) is 0 Å². The van der Waals surface area contributed by atoms with Crippen LogP contribution in [0.3, 0.4) is 0 Å². The highest BCUT2D eigenvalue weighted by molar-refractivity contribution is 14.1. The van der Waals surface area contributed by atoms with Gasteiger partial charge in [-0.05, 0) is 93.8 Å². The molecule has 0 aliphatic heterocycles. The highest BCUT2D eigenvalue weighted by Gasteiger charge is 2.24. The topological polar surface area (TPSA) is 19.9 Å². The van der Waals surface area contributed by atoms with Gasteiger partial charge in [-0.2, -0.15) is 0 Å². The molecule has 13 heavy (non-hydrogen) atoms. The maximum atomic E-state index is 11.8. The molecule has 0 aromatic heterocycles. The van der Waals surface area contributed by atoms with Crippen LogP contribution in [0.2, 0.25) is 0 Å². The van der Waals surface area contributed by atoms with Gasteiger partial charge in [0.1, 0.15) is 5.60 Å². The summed E-state index contributed by atoms with van der Waals surface area (Å²) in [5.74, 6) is 0. The molecule has 1 aromatic rings. The number of rotatable bonds is 1. The first-order valence-electron chi connectivity index (χ1n) is 3.68. The Morgan fingerprint density at radius 1 is 1.08 bits per heavy atom. The molecule has 71 valence electrons. The molecular weight excluding hydrogens is 505 g/mol. The van der Waals surface area contributed by atoms with E-state index in [0.717, 1.165) is 12.7 Å². The first-order chi connectivity index (χ1) is 5.82. The van der Waals surface area contributed by atoms with E-state index in [1.807, 2.05) is 12.1 Å². The Kier molecular flexibility index (Phi) is 4.29. The molecule has 0 heterocycles. The average molecular weight is 513 g/mol. The zero-order valence-electron chi connectivity index (χ0n) is 7.20. The molecular formula is C9H8I3O. The van der Waals surface area contributed by atoms with Crippen LogP contribution in [0.25, 0.3) is 0 Å². The molecule has 0 saturated carbocycles. The van der Waals surface area contributed by atoms with Crippen molar-refractivity contribution in [3.05, 3.63) is 28.4 Å². The van der Waals surface area contributed by atoms with Gasteiger partial charge in [-0.1, -0.05) is 0 Å². The van der Waals surface area contributed by atoms with Crippen LogP contribution in [0.5, 0.6) is 0 Å². The molecule has 0 atom stereocenters. The summed E-state index contributed by atoms with van der Waals surface area (Å²) in [6.45, 7) is 3.42. The Morgan fingerprint density at radius 2 is 1.46 bits per heavy atom. The van der Waals surface area contributed by atoms with E-state index < -0.39 is 5.60 Å². The SMILES string of the molecule is CC(C)([O])c1c(I)cc(I)cc1I. The van der Waals surface area contributed by atoms with Crippen molar-refractivity contribution < 1.29 is 5.11 Å². The lowest BCUT2D eigenvalue weighted by Crippen LogP contribution is -2.17. The van der Waals surface area contributed by atoms with Crippen molar-refractivity contribution in [3.63, 3.8) is 0 Å². The first kappa shape index (κ1) is 12.4. The molecule has 0 spiro atoms. The molecule has 0 aliphatic rings. The Balaban J connectivity index is 3.38. The summed E-state index contributed by atoms with van der Waals surface area (Å²) in [6.07, 6.45) is 0. The summed E-state index contributed by atoms with van der Waals surface area (Å²) >= 11 is 6.72. The summed E-state index contributed by atoms with van der Waals surface area (Å²) in [6, 6.07) is 4.08. The van der Waals surface area contributed by atoms with Gasteiger partial charge in [0.2, 0.25) is 0 Å². The normalized spacial score (nSPS) is 11.8. The molecule has 0 unspecified atom stereocenters. The van der Waals surface area contributed by atoms with Crippen LogP contribution in [0.4, 0.5) is 0 Å². The van der Waals surface area contributed by atoms with Crippen molar-refractivity contribution in [2.24, 2.45) is 0 Å². The third-order valence-electron chi connectivity index (χ3n) is 1.61. The van der Waals surface area contributed by atoms with Crippen molar-refractivity contribution in [2.45, 2.75) is 19.4 Å². The van der Waals surface area contributed by atoms with Gasteiger partial charge in [0.05, 0.1) is 0 Å². The average Bonchev–Trinajstić information content (AvgIpc) is 1.78. The molecule has 0 fully saturated rings. The number of hydrogen-bond acceptors (Lipinski definition) is 0. The third-order valence-corrected chi connectivity index (χ3v) is 3.93. The minimum atomic E-state index is -1.00. The van der Waals surface area contributed by atoms with E-state index in [9.17, 15) is 5.11 Å². The highest BCUT2D eigenvalue weighted by atomic mass is 127. The standard InChI is InChI=1S/C9H8I3O/c1-9(2,13)8-6(11)3-5(10)4-7(8)12/h3-4H,1-2H3. The van der Waals surface area contributed by atoms with Gasteiger partial charge in [0, 0.05) is 16.3 Å². The largest absolute Gasteiger partial charge is 0.225 e. The molecule has 0 aliphatic carbocycles. The second-order valence-electron chi connectivity index (χ2n) is 3.25. The fourth-order valence-electron chi connectivity index (χ4n) is 1.12. The van der Waals surface area contributed by atoms with Gasteiger partial charge in [0.25, 0.3) is 0 Å². The van der Waals surface area contributed by atoms with Crippen LogP contribution in [0.15, 0.2) is 12.1 Å². The van der Waals surface area contributed by atoms with Crippen LogP contribution in [-0.2, 0) is 10.7 Å². The second kappa shape index (κ2) is 4.48. The smallest absolute Gasteiger partial charge is 0.125 e. The number of hydrogen-bond donors (Lipinski definition) is 0. The first-order valence-corrected chi connectivity index (χ1v) is 6.91. The minimum Gasteiger partial charge on any atom is -0.225 e. The molecule has 1 aromatic carbocycles. The van der Waals surface area contributed by atoms with Crippen molar-refractivity contribution in [1.29, 1.82) is 0 Å². The Hall–Kier alpha value is 1.37. The van der Waals surface area contributed by atoms with Crippen LogP contribution >= 0.6 is 67.8 Å². The quantitative estimate of drug-likeness (QED) is 0.504. The Labute approximate surface area is 119 Å².